The Bertz CT molecular complexity index is 81.6. The van der Waals surface area contributed by atoms with Gasteiger partial charge >= 0.3 is 0 Å². The van der Waals surface area contributed by atoms with Crippen LogP contribution < -0.4 is 0 Å². The van der Waals surface area contributed by atoms with Crippen molar-refractivity contribution in [2.24, 2.45) is 0 Å². The quantitative estimate of drug-likeness (QED) is 0.392. The van der Waals surface area contributed by atoms with Crippen LogP contribution in [0.15, 0.2) is 12.7 Å². The predicted molar refractivity (Wildman–Crippen MR) is 45.0 cm³/mol. The summed E-state index contributed by atoms with van der Waals surface area (Å²) in [6.07, 6.45) is 5.59. The highest BCUT2D eigenvalue weighted by atomic mass is 16.5. The zero-order valence-electron chi connectivity index (χ0n) is 7.05. The first-order chi connectivity index (χ1) is 5.41. The molecular weight excluding hydrogens is 140 g/mol. The van der Waals surface area contributed by atoms with Gasteiger partial charge < -0.3 is 4.74 Å². The van der Waals surface area contributed by atoms with E-state index in [1.54, 1.807) is 0 Å². The van der Waals surface area contributed by atoms with Crippen LogP contribution in [0.3, 0.4) is 0 Å². The summed E-state index contributed by atoms with van der Waals surface area (Å²) in [6, 6.07) is 0. The number of unbranched alkanes of at least 4 members (excludes halogenated alkanes) is 2. The van der Waals surface area contributed by atoms with Crippen LogP contribution in [0.5, 0.6) is 0 Å². The summed E-state index contributed by atoms with van der Waals surface area (Å²) in [7, 11) is 0. The summed E-state index contributed by atoms with van der Waals surface area (Å²) in [5.74, 6) is 0. The highest BCUT2D eigenvalue weighted by molar-refractivity contribution is 4.64. The van der Waals surface area contributed by atoms with Crippen molar-refractivity contribution in [2.45, 2.75) is 25.7 Å². The number of ether oxygens (including phenoxy) is 1. The summed E-state index contributed by atoms with van der Waals surface area (Å²) in [5.41, 5.74) is 0. The molecule has 0 saturated carbocycles. The molecule has 0 rings (SSSR count). The van der Waals surface area contributed by atoms with Crippen molar-refractivity contribution in [2.75, 3.05) is 19.8 Å². The average molecular weight is 157 g/mol. The van der Waals surface area contributed by atoms with Crippen molar-refractivity contribution >= 4 is 0 Å². The second-order valence-corrected chi connectivity index (χ2v) is 2.45. The van der Waals surface area contributed by atoms with Gasteiger partial charge in [0.25, 0.3) is 0 Å². The van der Waals surface area contributed by atoms with Crippen molar-refractivity contribution in [3.8, 4) is 0 Å². The van der Waals surface area contributed by atoms with Crippen molar-refractivity contribution in [1.82, 2.24) is 0 Å². The molecule has 0 saturated heterocycles. The maximum Gasteiger partial charge on any atom is 0.0823 e. The van der Waals surface area contributed by atoms with Gasteiger partial charge in [-0.3, -0.25) is 0 Å². The van der Waals surface area contributed by atoms with E-state index in [-0.39, 0.29) is 6.61 Å². The molecule has 0 spiro atoms. The van der Waals surface area contributed by atoms with Crippen molar-refractivity contribution in [3.63, 3.8) is 0 Å². The monoisotopic (exact) mass is 157 g/mol. The van der Waals surface area contributed by atoms with Crippen LogP contribution in [0.2, 0.25) is 0 Å². The molecule has 0 unspecified atom stereocenters. The Labute approximate surface area is 68.9 Å². The van der Waals surface area contributed by atoms with Crippen LogP contribution in [-0.2, 0) is 9.84 Å². The van der Waals surface area contributed by atoms with Gasteiger partial charge in [0.05, 0.1) is 6.61 Å². The summed E-state index contributed by atoms with van der Waals surface area (Å²) >= 11 is 0. The van der Waals surface area contributed by atoms with Crippen LogP contribution in [0, 0.1) is 0 Å². The maximum atomic E-state index is 10.00. The minimum atomic E-state index is 0.0238. The third-order valence-electron chi connectivity index (χ3n) is 1.38. The molecule has 65 valence electrons. The second kappa shape index (κ2) is 9.66. The largest absolute Gasteiger partial charge is 0.381 e. The molecular formula is C9H17O2. The molecule has 0 aromatic heterocycles. The average Bonchev–Trinajstić information content (AvgIpc) is 2.03. The fourth-order valence-corrected chi connectivity index (χ4v) is 0.738. The van der Waals surface area contributed by atoms with E-state index in [4.69, 9.17) is 4.74 Å². The molecule has 2 nitrogen and oxygen atoms in total. The first-order valence-electron chi connectivity index (χ1n) is 4.18. The molecule has 0 atom stereocenters. The van der Waals surface area contributed by atoms with Gasteiger partial charge in [0.1, 0.15) is 0 Å². The van der Waals surface area contributed by atoms with Gasteiger partial charge in [-0.05, 0) is 25.7 Å². The van der Waals surface area contributed by atoms with E-state index >= 15 is 0 Å². The van der Waals surface area contributed by atoms with E-state index in [0.29, 0.717) is 0 Å². The van der Waals surface area contributed by atoms with Gasteiger partial charge in [-0.1, -0.05) is 6.08 Å². The molecule has 0 aliphatic rings. The van der Waals surface area contributed by atoms with E-state index in [2.05, 4.69) is 6.58 Å². The minimum absolute atomic E-state index is 0.0238. The van der Waals surface area contributed by atoms with Crippen LogP contribution in [0.1, 0.15) is 25.7 Å². The van der Waals surface area contributed by atoms with Gasteiger partial charge in [0, 0.05) is 13.2 Å². The summed E-state index contributed by atoms with van der Waals surface area (Å²) in [4.78, 5) is 0. The Morgan fingerprint density at radius 1 is 1.18 bits per heavy atom. The molecule has 1 radical (unpaired) electrons. The zero-order chi connectivity index (χ0) is 8.36. The molecule has 0 amide bonds. The molecule has 2 heteroatoms. The van der Waals surface area contributed by atoms with Gasteiger partial charge in [-0.2, -0.15) is 0 Å². The first kappa shape index (κ1) is 10.7. The standard InChI is InChI=1S/C9H17O2/c1-2-3-5-8-11-9-6-4-7-10/h2H,1,3-9H2. The summed E-state index contributed by atoms with van der Waals surface area (Å²) in [5, 5.41) is 10.00. The van der Waals surface area contributed by atoms with Gasteiger partial charge in [-0.25, -0.2) is 5.11 Å². The lowest BCUT2D eigenvalue weighted by Crippen LogP contribution is -1.97. The van der Waals surface area contributed by atoms with E-state index in [9.17, 15) is 5.11 Å². The lowest BCUT2D eigenvalue weighted by molar-refractivity contribution is 0.115. The molecule has 0 heterocycles. The molecule has 0 aromatic rings. The smallest absolute Gasteiger partial charge is 0.0823 e. The van der Waals surface area contributed by atoms with Gasteiger partial charge in [0.2, 0.25) is 0 Å². The molecule has 0 aliphatic heterocycles. The van der Waals surface area contributed by atoms with Gasteiger partial charge in [-0.15, -0.1) is 6.58 Å². The summed E-state index contributed by atoms with van der Waals surface area (Å²) < 4.78 is 5.25. The third kappa shape index (κ3) is 9.66. The molecule has 0 N–H and O–H groups in total. The highest BCUT2D eigenvalue weighted by Gasteiger charge is 1.88. The Kier molecular flexibility index (Phi) is 9.36. The fraction of sp³-hybridized carbons (Fsp3) is 0.778. The maximum absolute atomic E-state index is 10.00. The fourth-order valence-electron chi connectivity index (χ4n) is 0.738. The number of hydrogen-bond donors (Lipinski definition) is 0. The minimum Gasteiger partial charge on any atom is -0.381 e. The second-order valence-electron chi connectivity index (χ2n) is 2.45. The van der Waals surface area contributed by atoms with E-state index in [1.807, 2.05) is 6.08 Å². The summed E-state index contributed by atoms with van der Waals surface area (Å²) in [6.45, 7) is 5.17. The van der Waals surface area contributed by atoms with E-state index in [0.717, 1.165) is 38.9 Å². The van der Waals surface area contributed by atoms with Crippen molar-refractivity contribution in [3.05, 3.63) is 12.7 Å². The Morgan fingerprint density at radius 2 is 1.91 bits per heavy atom. The first-order valence-corrected chi connectivity index (χ1v) is 4.18. The number of rotatable bonds is 8. The van der Waals surface area contributed by atoms with Crippen molar-refractivity contribution in [1.29, 1.82) is 0 Å². The van der Waals surface area contributed by atoms with Gasteiger partial charge in [0.15, 0.2) is 0 Å². The van der Waals surface area contributed by atoms with E-state index in [1.165, 1.54) is 0 Å². The number of hydrogen-bond acceptors (Lipinski definition) is 1. The van der Waals surface area contributed by atoms with Crippen LogP contribution in [0.25, 0.3) is 0 Å². The molecule has 11 heavy (non-hydrogen) atoms. The van der Waals surface area contributed by atoms with Crippen LogP contribution in [-0.4, -0.2) is 19.8 Å². The molecule has 0 aliphatic carbocycles. The van der Waals surface area contributed by atoms with Crippen LogP contribution in [0.4, 0.5) is 0 Å². The zero-order valence-corrected chi connectivity index (χ0v) is 7.05. The number of allylic oxidation sites excluding steroid dienone is 1. The van der Waals surface area contributed by atoms with Crippen LogP contribution >= 0.6 is 0 Å². The lowest BCUT2D eigenvalue weighted by Gasteiger charge is -2.00. The molecule has 0 aromatic carbocycles. The predicted octanol–water partition coefficient (Wildman–Crippen LogP) is 2.18. The molecule has 0 bridgehead atoms. The van der Waals surface area contributed by atoms with E-state index < -0.39 is 0 Å². The third-order valence-corrected chi connectivity index (χ3v) is 1.38. The topological polar surface area (TPSA) is 29.1 Å². The Balaban J connectivity index is 2.74. The Hall–Kier alpha value is -0.340. The van der Waals surface area contributed by atoms with Crippen molar-refractivity contribution < 1.29 is 9.84 Å². The Morgan fingerprint density at radius 3 is 2.55 bits per heavy atom. The SMILES string of the molecule is C=CCCCOCCCC[O]. The highest BCUT2D eigenvalue weighted by Crippen LogP contribution is 1.93. The normalized spacial score (nSPS) is 9.91. The lowest BCUT2D eigenvalue weighted by atomic mass is 10.3. The molecule has 0 fully saturated rings.